The zero-order chi connectivity index (χ0) is 13.3. The number of likely N-dealkylation sites (N-methyl/N-ethyl adjacent to an activating group) is 1. The van der Waals surface area contributed by atoms with Crippen LogP contribution in [0.1, 0.15) is 25.5 Å². The highest BCUT2D eigenvalue weighted by Gasteiger charge is 2.20. The molecule has 5 heteroatoms. The summed E-state index contributed by atoms with van der Waals surface area (Å²) in [4.78, 5) is 16.2. The number of nitrogens with zero attached hydrogens (tertiary/aromatic N) is 2. The summed E-state index contributed by atoms with van der Waals surface area (Å²) in [6, 6.07) is 5.49. The normalized spacial score (nSPS) is 12.6. The average molecular weight is 246 g/mol. The number of nitrogens with one attached hydrogen (secondary N) is 1. The molecular formula is C13H18N4O. The zero-order valence-electron chi connectivity index (χ0n) is 10.9. The van der Waals surface area contributed by atoms with E-state index in [1.165, 1.54) is 0 Å². The smallest absolute Gasteiger partial charge is 0.242 e. The van der Waals surface area contributed by atoms with E-state index in [9.17, 15) is 4.79 Å². The van der Waals surface area contributed by atoms with Crippen LogP contribution in [0.4, 0.5) is 5.95 Å². The maximum Gasteiger partial charge on any atom is 0.242 e. The van der Waals surface area contributed by atoms with Gasteiger partial charge < -0.3 is 11.1 Å². The molecule has 0 saturated heterocycles. The Hall–Kier alpha value is -2.04. The minimum absolute atomic E-state index is 0.0509. The van der Waals surface area contributed by atoms with E-state index in [0.29, 0.717) is 12.5 Å². The van der Waals surface area contributed by atoms with Gasteiger partial charge in [-0.2, -0.15) is 0 Å². The van der Waals surface area contributed by atoms with Crippen LogP contribution in [0.25, 0.3) is 11.0 Å². The predicted octanol–water partition coefficient (Wildman–Crippen LogP) is 1.62. The van der Waals surface area contributed by atoms with Crippen LogP contribution in [0.2, 0.25) is 0 Å². The number of hydrogen-bond acceptors (Lipinski definition) is 3. The van der Waals surface area contributed by atoms with Crippen LogP contribution in [-0.4, -0.2) is 22.0 Å². The van der Waals surface area contributed by atoms with Crippen molar-refractivity contribution in [3.63, 3.8) is 0 Å². The molecule has 3 N–H and O–H groups in total. The molecule has 1 amide bonds. The van der Waals surface area contributed by atoms with E-state index in [0.717, 1.165) is 16.6 Å². The molecule has 2 aromatic rings. The molecular weight excluding hydrogens is 228 g/mol. The SMILES string of the molecule is CCNC(=O)C(C)n1c(N)nc2c(C)cccc21. The standard InChI is InChI=1S/C13H18N4O/c1-4-15-12(18)9(3)17-10-7-5-6-8(2)11(10)16-13(17)14/h5-7,9H,4H2,1-3H3,(H2,14,16)(H,15,18). The summed E-state index contributed by atoms with van der Waals surface area (Å²) in [5.41, 5.74) is 8.73. The number of fused-ring (bicyclic) bond motifs is 1. The van der Waals surface area contributed by atoms with E-state index in [-0.39, 0.29) is 11.9 Å². The monoisotopic (exact) mass is 246 g/mol. The van der Waals surface area contributed by atoms with Gasteiger partial charge in [0.1, 0.15) is 6.04 Å². The Bertz CT molecular complexity index is 588. The topological polar surface area (TPSA) is 72.9 Å². The number of anilines is 1. The van der Waals surface area contributed by atoms with Gasteiger partial charge in [0.25, 0.3) is 0 Å². The summed E-state index contributed by atoms with van der Waals surface area (Å²) in [7, 11) is 0. The minimum Gasteiger partial charge on any atom is -0.369 e. The first kappa shape index (κ1) is 12.4. The van der Waals surface area contributed by atoms with Crippen LogP contribution in [0.15, 0.2) is 18.2 Å². The van der Waals surface area contributed by atoms with Gasteiger partial charge in [-0.25, -0.2) is 4.98 Å². The molecule has 0 fully saturated rings. The molecule has 0 aliphatic carbocycles. The number of imidazole rings is 1. The number of amides is 1. The number of carbonyl (C=O) groups excluding carboxylic acids is 1. The van der Waals surface area contributed by atoms with E-state index < -0.39 is 0 Å². The maximum absolute atomic E-state index is 11.9. The fourth-order valence-electron chi connectivity index (χ4n) is 2.12. The quantitative estimate of drug-likeness (QED) is 0.864. The average Bonchev–Trinajstić information content (AvgIpc) is 2.66. The lowest BCUT2D eigenvalue weighted by atomic mass is 10.2. The van der Waals surface area contributed by atoms with E-state index >= 15 is 0 Å². The fourth-order valence-corrected chi connectivity index (χ4v) is 2.12. The number of nitrogens with two attached hydrogens (primary N) is 1. The van der Waals surface area contributed by atoms with E-state index in [2.05, 4.69) is 10.3 Å². The lowest BCUT2D eigenvalue weighted by Crippen LogP contribution is -2.31. The molecule has 1 aromatic heterocycles. The second-order valence-electron chi connectivity index (χ2n) is 4.35. The van der Waals surface area contributed by atoms with Crippen LogP contribution in [-0.2, 0) is 4.79 Å². The number of rotatable bonds is 3. The number of benzene rings is 1. The van der Waals surface area contributed by atoms with Crippen LogP contribution in [0.5, 0.6) is 0 Å². The molecule has 0 saturated carbocycles. The summed E-state index contributed by atoms with van der Waals surface area (Å²) in [6.07, 6.45) is 0. The van der Waals surface area contributed by atoms with Gasteiger partial charge in [0, 0.05) is 6.54 Å². The third-order valence-corrected chi connectivity index (χ3v) is 3.07. The molecule has 0 spiro atoms. The first-order valence-electron chi connectivity index (χ1n) is 6.07. The van der Waals surface area contributed by atoms with E-state index in [4.69, 9.17) is 5.73 Å². The number of para-hydroxylation sites is 1. The van der Waals surface area contributed by atoms with Crippen molar-refractivity contribution in [1.29, 1.82) is 0 Å². The lowest BCUT2D eigenvalue weighted by Gasteiger charge is -2.15. The van der Waals surface area contributed by atoms with Gasteiger partial charge in [0.2, 0.25) is 11.9 Å². The lowest BCUT2D eigenvalue weighted by molar-refractivity contribution is -0.123. The zero-order valence-corrected chi connectivity index (χ0v) is 10.9. The first-order valence-corrected chi connectivity index (χ1v) is 6.07. The fraction of sp³-hybridized carbons (Fsp3) is 0.385. The third-order valence-electron chi connectivity index (χ3n) is 3.07. The van der Waals surface area contributed by atoms with Crippen molar-refractivity contribution in [3.8, 4) is 0 Å². The van der Waals surface area contributed by atoms with Crippen molar-refractivity contribution in [1.82, 2.24) is 14.9 Å². The molecule has 96 valence electrons. The molecule has 1 aromatic carbocycles. The van der Waals surface area contributed by atoms with Gasteiger partial charge in [-0.3, -0.25) is 9.36 Å². The van der Waals surface area contributed by atoms with Crippen LogP contribution < -0.4 is 11.1 Å². The van der Waals surface area contributed by atoms with Crippen molar-refractivity contribution < 1.29 is 4.79 Å². The van der Waals surface area contributed by atoms with Crippen LogP contribution in [0.3, 0.4) is 0 Å². The van der Waals surface area contributed by atoms with Gasteiger partial charge in [0.05, 0.1) is 11.0 Å². The highest BCUT2D eigenvalue weighted by atomic mass is 16.2. The second kappa shape index (κ2) is 4.68. The Kier molecular flexibility index (Phi) is 3.23. The predicted molar refractivity (Wildman–Crippen MR) is 72.3 cm³/mol. The molecule has 1 unspecified atom stereocenters. The number of aryl methyl sites for hydroxylation is 1. The van der Waals surface area contributed by atoms with Crippen molar-refractivity contribution >= 4 is 22.9 Å². The Morgan fingerprint density at radius 2 is 2.28 bits per heavy atom. The molecule has 0 aliphatic heterocycles. The number of carbonyl (C=O) groups is 1. The second-order valence-corrected chi connectivity index (χ2v) is 4.35. The number of hydrogen-bond donors (Lipinski definition) is 2. The summed E-state index contributed by atoms with van der Waals surface area (Å²) in [6.45, 7) is 6.31. The molecule has 2 rings (SSSR count). The maximum atomic E-state index is 11.9. The summed E-state index contributed by atoms with van der Waals surface area (Å²) >= 11 is 0. The van der Waals surface area contributed by atoms with Gasteiger partial charge in [-0.05, 0) is 32.4 Å². The van der Waals surface area contributed by atoms with Crippen LogP contribution in [0, 0.1) is 6.92 Å². The third kappa shape index (κ3) is 1.92. The molecule has 1 heterocycles. The molecule has 0 bridgehead atoms. The Balaban J connectivity index is 2.54. The van der Waals surface area contributed by atoms with E-state index in [1.54, 1.807) is 4.57 Å². The van der Waals surface area contributed by atoms with Gasteiger partial charge in [0.15, 0.2) is 0 Å². The van der Waals surface area contributed by atoms with Gasteiger partial charge in [-0.1, -0.05) is 12.1 Å². The van der Waals surface area contributed by atoms with Gasteiger partial charge in [-0.15, -0.1) is 0 Å². The van der Waals surface area contributed by atoms with Gasteiger partial charge >= 0.3 is 0 Å². The molecule has 18 heavy (non-hydrogen) atoms. The molecule has 0 aliphatic rings. The molecule has 5 nitrogen and oxygen atoms in total. The summed E-state index contributed by atoms with van der Waals surface area (Å²) in [5.74, 6) is 0.322. The Labute approximate surface area is 106 Å². The molecule has 0 radical (unpaired) electrons. The van der Waals surface area contributed by atoms with Crippen molar-refractivity contribution in [2.24, 2.45) is 0 Å². The largest absolute Gasteiger partial charge is 0.369 e. The van der Waals surface area contributed by atoms with Crippen molar-refractivity contribution in [2.45, 2.75) is 26.8 Å². The van der Waals surface area contributed by atoms with Crippen LogP contribution >= 0.6 is 0 Å². The van der Waals surface area contributed by atoms with E-state index in [1.807, 2.05) is 39.0 Å². The number of nitrogen functional groups attached to an aromatic ring is 1. The molecule has 1 atom stereocenters. The highest BCUT2D eigenvalue weighted by molar-refractivity contribution is 5.86. The first-order chi connectivity index (χ1) is 8.56. The van der Waals surface area contributed by atoms with Crippen molar-refractivity contribution in [2.75, 3.05) is 12.3 Å². The summed E-state index contributed by atoms with van der Waals surface area (Å²) in [5, 5.41) is 2.80. The Morgan fingerprint density at radius 1 is 1.56 bits per heavy atom. The Morgan fingerprint density at radius 3 is 2.94 bits per heavy atom. The highest BCUT2D eigenvalue weighted by Crippen LogP contribution is 2.24. The number of aromatic nitrogens is 2. The minimum atomic E-state index is -0.364. The summed E-state index contributed by atoms with van der Waals surface area (Å²) < 4.78 is 1.77. The van der Waals surface area contributed by atoms with Crippen molar-refractivity contribution in [3.05, 3.63) is 23.8 Å².